The van der Waals surface area contributed by atoms with E-state index in [1.165, 1.54) is 6.26 Å². The Bertz CT molecular complexity index is 425. The van der Waals surface area contributed by atoms with Crippen LogP contribution in [0.5, 0.6) is 0 Å². The van der Waals surface area contributed by atoms with Crippen molar-refractivity contribution in [1.29, 1.82) is 0 Å². The Kier molecular flexibility index (Phi) is 2.72. The molecule has 0 fully saturated rings. The summed E-state index contributed by atoms with van der Waals surface area (Å²) in [6.07, 6.45) is 1.25. The highest BCUT2D eigenvalue weighted by atomic mass is 32.2. The average Bonchev–Trinajstić information content (AvgIpc) is 2.01. The zero-order valence-corrected chi connectivity index (χ0v) is 9.85. The molecule has 0 spiro atoms. The minimum atomic E-state index is -3.12. The Morgan fingerprint density at radius 3 is 1.93 bits per heavy atom. The summed E-state index contributed by atoms with van der Waals surface area (Å²) in [4.78, 5) is 0.438. The quantitative estimate of drug-likeness (QED) is 0.716. The van der Waals surface area contributed by atoms with E-state index in [1.54, 1.807) is 12.1 Å². The first-order valence-electron chi connectivity index (χ1n) is 4.52. The standard InChI is InChI=1S/C11H16O2S/c1-11(2,3)9-7-5-6-8-10(9)14(4,12)13/h5-8H,1-4H3. The van der Waals surface area contributed by atoms with Crippen LogP contribution < -0.4 is 0 Å². The molecule has 2 nitrogen and oxygen atoms in total. The van der Waals surface area contributed by atoms with Crippen LogP contribution >= 0.6 is 0 Å². The highest BCUT2D eigenvalue weighted by molar-refractivity contribution is 7.90. The van der Waals surface area contributed by atoms with Gasteiger partial charge in [0.15, 0.2) is 9.84 Å². The first kappa shape index (κ1) is 11.2. The minimum absolute atomic E-state index is 0.139. The molecule has 78 valence electrons. The second-order valence-corrected chi connectivity index (χ2v) is 6.50. The van der Waals surface area contributed by atoms with Gasteiger partial charge in [-0.05, 0) is 17.0 Å². The smallest absolute Gasteiger partial charge is 0.175 e. The molecule has 0 saturated heterocycles. The molecule has 0 heterocycles. The van der Waals surface area contributed by atoms with Gasteiger partial charge in [0, 0.05) is 6.26 Å². The van der Waals surface area contributed by atoms with Gasteiger partial charge < -0.3 is 0 Å². The van der Waals surface area contributed by atoms with Crippen molar-refractivity contribution in [3.05, 3.63) is 29.8 Å². The molecule has 0 aliphatic carbocycles. The Balaban J connectivity index is 3.47. The van der Waals surface area contributed by atoms with Gasteiger partial charge in [0.05, 0.1) is 4.90 Å². The zero-order chi connectivity index (χ0) is 11.0. The van der Waals surface area contributed by atoms with Crippen LogP contribution in [0, 0.1) is 0 Å². The fourth-order valence-electron chi connectivity index (χ4n) is 1.41. The molecule has 0 aliphatic heterocycles. The average molecular weight is 212 g/mol. The van der Waals surface area contributed by atoms with Crippen LogP contribution in [0.1, 0.15) is 26.3 Å². The molecule has 0 saturated carbocycles. The Morgan fingerprint density at radius 1 is 1.07 bits per heavy atom. The third-order valence-electron chi connectivity index (χ3n) is 2.09. The molecular weight excluding hydrogens is 196 g/mol. The van der Waals surface area contributed by atoms with Crippen LogP contribution in [-0.2, 0) is 15.3 Å². The molecule has 1 aromatic rings. The van der Waals surface area contributed by atoms with Gasteiger partial charge in [0.1, 0.15) is 0 Å². The van der Waals surface area contributed by atoms with E-state index in [1.807, 2.05) is 32.9 Å². The summed E-state index contributed by atoms with van der Waals surface area (Å²) >= 11 is 0. The molecule has 3 heteroatoms. The van der Waals surface area contributed by atoms with Gasteiger partial charge in [-0.2, -0.15) is 0 Å². The molecule has 0 radical (unpaired) electrons. The van der Waals surface area contributed by atoms with E-state index in [4.69, 9.17) is 0 Å². The summed E-state index contributed by atoms with van der Waals surface area (Å²) in [5.74, 6) is 0. The van der Waals surface area contributed by atoms with Gasteiger partial charge >= 0.3 is 0 Å². The number of hydrogen-bond donors (Lipinski definition) is 0. The second-order valence-electron chi connectivity index (χ2n) is 4.52. The van der Waals surface area contributed by atoms with Crippen molar-refractivity contribution in [2.24, 2.45) is 0 Å². The highest BCUT2D eigenvalue weighted by Gasteiger charge is 2.21. The van der Waals surface area contributed by atoms with Crippen LogP contribution in [0.3, 0.4) is 0 Å². The topological polar surface area (TPSA) is 34.1 Å². The molecular formula is C11H16O2S. The van der Waals surface area contributed by atoms with Gasteiger partial charge in [0.2, 0.25) is 0 Å². The van der Waals surface area contributed by atoms with Crippen molar-refractivity contribution in [3.63, 3.8) is 0 Å². The molecule has 0 unspecified atom stereocenters. The Hall–Kier alpha value is -0.830. The van der Waals surface area contributed by atoms with E-state index < -0.39 is 9.84 Å². The van der Waals surface area contributed by atoms with Crippen molar-refractivity contribution < 1.29 is 8.42 Å². The van der Waals surface area contributed by atoms with Crippen LogP contribution in [0.25, 0.3) is 0 Å². The maximum Gasteiger partial charge on any atom is 0.175 e. The van der Waals surface area contributed by atoms with Crippen LogP contribution in [0.15, 0.2) is 29.2 Å². The molecule has 0 atom stereocenters. The summed E-state index contributed by atoms with van der Waals surface area (Å²) < 4.78 is 23.0. The summed E-state index contributed by atoms with van der Waals surface area (Å²) in [6.45, 7) is 6.03. The van der Waals surface area contributed by atoms with E-state index >= 15 is 0 Å². The lowest BCUT2D eigenvalue weighted by Gasteiger charge is -2.21. The molecule has 14 heavy (non-hydrogen) atoms. The van der Waals surface area contributed by atoms with Crippen molar-refractivity contribution in [3.8, 4) is 0 Å². The van der Waals surface area contributed by atoms with E-state index in [0.29, 0.717) is 4.90 Å². The summed E-state index contributed by atoms with van der Waals surface area (Å²) in [5, 5.41) is 0. The molecule has 0 amide bonds. The number of benzene rings is 1. The molecule has 0 aliphatic rings. The number of hydrogen-bond acceptors (Lipinski definition) is 2. The van der Waals surface area contributed by atoms with Gasteiger partial charge in [-0.1, -0.05) is 39.0 Å². The van der Waals surface area contributed by atoms with E-state index in [2.05, 4.69) is 0 Å². The fourth-order valence-corrected chi connectivity index (χ4v) is 2.51. The van der Waals surface area contributed by atoms with Crippen molar-refractivity contribution in [1.82, 2.24) is 0 Å². The SMILES string of the molecule is CC(C)(C)c1ccccc1S(C)(=O)=O. The van der Waals surface area contributed by atoms with Gasteiger partial charge in [-0.15, -0.1) is 0 Å². The second kappa shape index (κ2) is 3.39. The van der Waals surface area contributed by atoms with Crippen molar-refractivity contribution >= 4 is 9.84 Å². The number of rotatable bonds is 1. The predicted molar refractivity (Wildman–Crippen MR) is 58.3 cm³/mol. The van der Waals surface area contributed by atoms with Crippen molar-refractivity contribution in [2.45, 2.75) is 31.1 Å². The fraction of sp³-hybridized carbons (Fsp3) is 0.455. The lowest BCUT2D eigenvalue weighted by Crippen LogP contribution is -2.16. The van der Waals surface area contributed by atoms with Crippen LogP contribution in [0.4, 0.5) is 0 Å². The van der Waals surface area contributed by atoms with E-state index in [0.717, 1.165) is 5.56 Å². The van der Waals surface area contributed by atoms with Crippen LogP contribution in [-0.4, -0.2) is 14.7 Å². The number of sulfone groups is 1. The normalized spacial score (nSPS) is 12.9. The molecule has 1 aromatic carbocycles. The third-order valence-corrected chi connectivity index (χ3v) is 3.25. The molecule has 0 N–H and O–H groups in total. The molecule has 0 aromatic heterocycles. The van der Waals surface area contributed by atoms with Crippen molar-refractivity contribution in [2.75, 3.05) is 6.26 Å². The minimum Gasteiger partial charge on any atom is -0.224 e. The Labute approximate surface area is 85.9 Å². The van der Waals surface area contributed by atoms with E-state index in [9.17, 15) is 8.42 Å². The van der Waals surface area contributed by atoms with Gasteiger partial charge in [0.25, 0.3) is 0 Å². The maximum absolute atomic E-state index is 11.5. The lowest BCUT2D eigenvalue weighted by molar-refractivity contribution is 0.563. The summed E-state index contributed by atoms with van der Waals surface area (Å²) in [7, 11) is -3.12. The summed E-state index contributed by atoms with van der Waals surface area (Å²) in [6, 6.07) is 7.16. The monoisotopic (exact) mass is 212 g/mol. The maximum atomic E-state index is 11.5. The predicted octanol–water partition coefficient (Wildman–Crippen LogP) is 2.39. The lowest BCUT2D eigenvalue weighted by atomic mass is 9.87. The molecule has 0 bridgehead atoms. The largest absolute Gasteiger partial charge is 0.224 e. The summed E-state index contributed by atoms with van der Waals surface area (Å²) in [5.41, 5.74) is 0.738. The Morgan fingerprint density at radius 2 is 1.57 bits per heavy atom. The highest BCUT2D eigenvalue weighted by Crippen LogP contribution is 2.28. The van der Waals surface area contributed by atoms with E-state index in [-0.39, 0.29) is 5.41 Å². The third kappa shape index (κ3) is 2.35. The zero-order valence-electron chi connectivity index (χ0n) is 9.03. The van der Waals surface area contributed by atoms with Gasteiger partial charge in [-0.25, -0.2) is 8.42 Å². The molecule has 1 rings (SSSR count). The first-order valence-corrected chi connectivity index (χ1v) is 6.41. The van der Waals surface area contributed by atoms with Crippen LogP contribution in [0.2, 0.25) is 0 Å². The first-order chi connectivity index (χ1) is 6.23. The van der Waals surface area contributed by atoms with Gasteiger partial charge in [-0.3, -0.25) is 0 Å².